The minimum absolute atomic E-state index is 0.0355. The number of phenolic OH excluding ortho intramolecular Hbond substituents is 1. The lowest BCUT2D eigenvalue weighted by Gasteiger charge is -2.34. The number of hydrogen-bond donors (Lipinski definition) is 3. The van der Waals surface area contributed by atoms with Crippen LogP contribution < -0.4 is 0 Å². The zero-order valence-corrected chi connectivity index (χ0v) is 9.72. The number of carbonyl (C=O) groups is 2. The van der Waals surface area contributed by atoms with Gasteiger partial charge in [0.25, 0.3) is 0 Å². The Labute approximate surface area is 104 Å². The molecule has 0 bridgehead atoms. The van der Waals surface area contributed by atoms with E-state index >= 15 is 0 Å². The summed E-state index contributed by atoms with van der Waals surface area (Å²) < 4.78 is 0. The summed E-state index contributed by atoms with van der Waals surface area (Å²) in [6, 6.07) is 4.55. The third-order valence-corrected chi connectivity index (χ3v) is 3.52. The number of fused-ring (bicyclic) bond motifs is 1. The van der Waals surface area contributed by atoms with Crippen molar-refractivity contribution >= 4 is 11.9 Å². The molecule has 0 amide bonds. The Hall–Kier alpha value is -2.04. The molecule has 5 heteroatoms. The second kappa shape index (κ2) is 4.33. The molecule has 0 radical (unpaired) electrons. The van der Waals surface area contributed by atoms with E-state index < -0.39 is 23.8 Å². The van der Waals surface area contributed by atoms with Gasteiger partial charge in [-0.3, -0.25) is 9.59 Å². The van der Waals surface area contributed by atoms with Crippen LogP contribution in [0.15, 0.2) is 18.2 Å². The average molecular weight is 250 g/mol. The van der Waals surface area contributed by atoms with E-state index in [0.29, 0.717) is 18.4 Å². The Bertz CT molecular complexity index is 508. The minimum atomic E-state index is -1.42. The first-order valence-corrected chi connectivity index (χ1v) is 5.73. The lowest BCUT2D eigenvalue weighted by molar-refractivity contribution is -0.151. The normalized spacial score (nSPS) is 22.2. The Morgan fingerprint density at radius 3 is 2.61 bits per heavy atom. The van der Waals surface area contributed by atoms with Gasteiger partial charge in [-0.2, -0.15) is 0 Å². The summed E-state index contributed by atoms with van der Waals surface area (Å²) in [5, 5.41) is 27.9. The average Bonchev–Trinajstić information content (AvgIpc) is 2.29. The van der Waals surface area contributed by atoms with Gasteiger partial charge in [0.2, 0.25) is 0 Å². The van der Waals surface area contributed by atoms with Gasteiger partial charge in [-0.25, -0.2) is 0 Å². The Balaban J connectivity index is 2.59. The van der Waals surface area contributed by atoms with Gasteiger partial charge in [0.1, 0.15) is 11.2 Å². The zero-order valence-electron chi connectivity index (χ0n) is 9.72. The molecule has 1 unspecified atom stereocenters. The second-order valence-corrected chi connectivity index (χ2v) is 4.65. The van der Waals surface area contributed by atoms with Gasteiger partial charge in [0.05, 0.1) is 6.42 Å². The van der Waals surface area contributed by atoms with Crippen LogP contribution >= 0.6 is 0 Å². The van der Waals surface area contributed by atoms with Crippen molar-refractivity contribution in [3.63, 3.8) is 0 Å². The number of rotatable bonds is 3. The van der Waals surface area contributed by atoms with Gasteiger partial charge in [0, 0.05) is 0 Å². The maximum absolute atomic E-state index is 11.5. The molecule has 0 fully saturated rings. The molecule has 0 aromatic heterocycles. The number of aryl methyl sites for hydroxylation is 1. The van der Waals surface area contributed by atoms with Crippen LogP contribution in [0.2, 0.25) is 0 Å². The molecular formula is C13H14O5. The molecule has 3 N–H and O–H groups in total. The highest BCUT2D eigenvalue weighted by Crippen LogP contribution is 2.41. The van der Waals surface area contributed by atoms with Gasteiger partial charge in [0.15, 0.2) is 0 Å². The quantitative estimate of drug-likeness (QED) is 0.756. The number of benzene rings is 1. The Morgan fingerprint density at radius 2 is 2.00 bits per heavy atom. The summed E-state index contributed by atoms with van der Waals surface area (Å²) in [5.41, 5.74) is -0.177. The fourth-order valence-electron chi connectivity index (χ4n) is 2.68. The van der Waals surface area contributed by atoms with Crippen molar-refractivity contribution in [1.29, 1.82) is 0 Å². The maximum atomic E-state index is 11.5. The van der Waals surface area contributed by atoms with Crippen molar-refractivity contribution in [3.8, 4) is 5.75 Å². The van der Waals surface area contributed by atoms with Gasteiger partial charge >= 0.3 is 11.9 Å². The van der Waals surface area contributed by atoms with Crippen LogP contribution in [0.3, 0.4) is 0 Å². The molecule has 96 valence electrons. The molecule has 0 heterocycles. The maximum Gasteiger partial charge on any atom is 0.314 e. The smallest absolute Gasteiger partial charge is 0.314 e. The van der Waals surface area contributed by atoms with Crippen LogP contribution in [0, 0.1) is 0 Å². The van der Waals surface area contributed by atoms with E-state index in [-0.39, 0.29) is 12.2 Å². The van der Waals surface area contributed by atoms with E-state index in [1.54, 1.807) is 6.07 Å². The highest BCUT2D eigenvalue weighted by molar-refractivity contribution is 5.88. The van der Waals surface area contributed by atoms with E-state index in [9.17, 15) is 19.8 Å². The molecule has 0 saturated heterocycles. The standard InChI is InChI=1S/C13H14O5/c14-9-4-3-8-2-1-5-13(12(17)18,7-11(15)16)10(8)6-9/h3-4,6,14H,1-2,5,7H2,(H,15,16)(H,17,18). The third kappa shape index (κ3) is 1.92. The van der Waals surface area contributed by atoms with E-state index in [1.807, 2.05) is 0 Å². The fraction of sp³-hybridized carbons (Fsp3) is 0.385. The zero-order chi connectivity index (χ0) is 13.3. The van der Waals surface area contributed by atoms with Crippen LogP contribution in [-0.2, 0) is 21.4 Å². The second-order valence-electron chi connectivity index (χ2n) is 4.65. The molecule has 0 aliphatic heterocycles. The largest absolute Gasteiger partial charge is 0.508 e. The van der Waals surface area contributed by atoms with Crippen LogP contribution in [0.1, 0.15) is 30.4 Å². The molecule has 1 aliphatic carbocycles. The number of aromatic hydroxyl groups is 1. The molecule has 0 spiro atoms. The van der Waals surface area contributed by atoms with Crippen molar-refractivity contribution in [3.05, 3.63) is 29.3 Å². The topological polar surface area (TPSA) is 94.8 Å². The highest BCUT2D eigenvalue weighted by atomic mass is 16.4. The summed E-state index contributed by atoms with van der Waals surface area (Å²) in [6.07, 6.45) is 1.17. The fourth-order valence-corrected chi connectivity index (χ4v) is 2.68. The van der Waals surface area contributed by atoms with Crippen LogP contribution in [0.25, 0.3) is 0 Å². The molecule has 1 atom stereocenters. The van der Waals surface area contributed by atoms with E-state index in [4.69, 9.17) is 5.11 Å². The number of carboxylic acid groups (broad SMARTS) is 2. The van der Waals surface area contributed by atoms with Crippen LogP contribution in [-0.4, -0.2) is 27.3 Å². The molecule has 18 heavy (non-hydrogen) atoms. The summed E-state index contributed by atoms with van der Waals surface area (Å²) in [5.74, 6) is -2.32. The molecule has 0 saturated carbocycles. The van der Waals surface area contributed by atoms with Crippen LogP contribution in [0.4, 0.5) is 0 Å². The van der Waals surface area contributed by atoms with Crippen molar-refractivity contribution in [1.82, 2.24) is 0 Å². The summed E-state index contributed by atoms with van der Waals surface area (Å²) in [7, 11) is 0. The first kappa shape index (κ1) is 12.4. The SMILES string of the molecule is O=C(O)CC1(C(=O)O)CCCc2ccc(O)cc21. The number of aliphatic carboxylic acids is 2. The molecule has 5 nitrogen and oxygen atoms in total. The Kier molecular flexibility index (Phi) is 2.98. The molecule has 2 rings (SSSR count). The van der Waals surface area contributed by atoms with Gasteiger partial charge in [-0.05, 0) is 42.5 Å². The first-order valence-electron chi connectivity index (χ1n) is 5.73. The predicted octanol–water partition coefficient (Wildman–Crippen LogP) is 1.53. The van der Waals surface area contributed by atoms with Crippen molar-refractivity contribution in [2.45, 2.75) is 31.1 Å². The molecule has 1 aromatic rings. The first-order chi connectivity index (χ1) is 8.45. The van der Waals surface area contributed by atoms with E-state index in [1.165, 1.54) is 12.1 Å². The van der Waals surface area contributed by atoms with Crippen molar-refractivity contribution in [2.24, 2.45) is 0 Å². The molecule has 1 aromatic carbocycles. The monoisotopic (exact) mass is 250 g/mol. The predicted molar refractivity (Wildman–Crippen MR) is 62.6 cm³/mol. The van der Waals surface area contributed by atoms with E-state index in [2.05, 4.69) is 0 Å². The molecular weight excluding hydrogens is 236 g/mol. The van der Waals surface area contributed by atoms with Gasteiger partial charge in [-0.1, -0.05) is 6.07 Å². The molecule has 1 aliphatic rings. The summed E-state index contributed by atoms with van der Waals surface area (Å²) >= 11 is 0. The third-order valence-electron chi connectivity index (χ3n) is 3.52. The number of carboxylic acids is 2. The lowest BCUT2D eigenvalue weighted by Crippen LogP contribution is -2.41. The van der Waals surface area contributed by atoms with Crippen molar-refractivity contribution < 1.29 is 24.9 Å². The summed E-state index contributed by atoms with van der Waals surface area (Å²) in [6.45, 7) is 0. The minimum Gasteiger partial charge on any atom is -0.508 e. The lowest BCUT2D eigenvalue weighted by atomic mass is 9.68. The van der Waals surface area contributed by atoms with Crippen LogP contribution in [0.5, 0.6) is 5.75 Å². The van der Waals surface area contributed by atoms with Crippen molar-refractivity contribution in [2.75, 3.05) is 0 Å². The van der Waals surface area contributed by atoms with Gasteiger partial charge in [-0.15, -0.1) is 0 Å². The highest BCUT2D eigenvalue weighted by Gasteiger charge is 2.45. The number of hydrogen-bond acceptors (Lipinski definition) is 3. The summed E-state index contributed by atoms with van der Waals surface area (Å²) in [4.78, 5) is 22.5. The Morgan fingerprint density at radius 1 is 1.28 bits per heavy atom. The van der Waals surface area contributed by atoms with Gasteiger partial charge < -0.3 is 15.3 Å². The van der Waals surface area contributed by atoms with E-state index in [0.717, 1.165) is 5.56 Å². The number of phenols is 1.